The third-order valence-electron chi connectivity index (χ3n) is 3.74. The van der Waals surface area contributed by atoms with Crippen LogP contribution in [0.2, 0.25) is 0 Å². The molecule has 2 nitrogen and oxygen atoms in total. The molecule has 1 fully saturated rings. The summed E-state index contributed by atoms with van der Waals surface area (Å²) in [6.45, 7) is 3.22. The van der Waals surface area contributed by atoms with Gasteiger partial charge >= 0.3 is 0 Å². The molecule has 0 bridgehead atoms. The molecule has 0 amide bonds. The van der Waals surface area contributed by atoms with Gasteiger partial charge in [0.1, 0.15) is 5.75 Å². The van der Waals surface area contributed by atoms with Crippen molar-refractivity contribution in [2.24, 2.45) is 0 Å². The molecule has 0 radical (unpaired) electrons. The van der Waals surface area contributed by atoms with Gasteiger partial charge in [0.15, 0.2) is 0 Å². The average molecular weight is 217 g/mol. The van der Waals surface area contributed by atoms with Crippen LogP contribution in [-0.4, -0.2) is 19.7 Å². The monoisotopic (exact) mass is 217 g/mol. The van der Waals surface area contributed by atoms with Crippen molar-refractivity contribution in [3.8, 4) is 5.75 Å². The third-order valence-corrected chi connectivity index (χ3v) is 3.74. The average Bonchev–Trinajstić information content (AvgIpc) is 2.39. The van der Waals surface area contributed by atoms with E-state index in [9.17, 15) is 0 Å². The number of hydrogen-bond acceptors (Lipinski definition) is 2. The van der Waals surface area contributed by atoms with E-state index in [4.69, 9.17) is 4.74 Å². The Labute approximate surface area is 97.0 Å². The van der Waals surface area contributed by atoms with Gasteiger partial charge in [-0.25, -0.2) is 0 Å². The lowest BCUT2D eigenvalue weighted by Crippen LogP contribution is -2.26. The molecule has 0 aliphatic carbocycles. The second-order valence-corrected chi connectivity index (χ2v) is 4.84. The van der Waals surface area contributed by atoms with Gasteiger partial charge in [-0.1, -0.05) is 12.1 Å². The molecule has 2 aliphatic heterocycles. The lowest BCUT2D eigenvalue weighted by atomic mass is 9.88. The maximum atomic E-state index is 5.65. The molecule has 0 spiro atoms. The van der Waals surface area contributed by atoms with E-state index in [1.807, 2.05) is 0 Å². The van der Waals surface area contributed by atoms with Crippen molar-refractivity contribution in [1.82, 2.24) is 5.32 Å². The molecule has 1 saturated heterocycles. The first-order chi connectivity index (χ1) is 7.93. The van der Waals surface area contributed by atoms with E-state index in [1.165, 1.54) is 36.8 Å². The molecule has 16 heavy (non-hydrogen) atoms. The number of rotatable bonds is 1. The number of fused-ring (bicyclic) bond motifs is 1. The largest absolute Gasteiger partial charge is 0.493 e. The zero-order chi connectivity index (χ0) is 10.8. The summed E-state index contributed by atoms with van der Waals surface area (Å²) in [5, 5.41) is 3.42. The Bertz CT molecular complexity index is 369. The summed E-state index contributed by atoms with van der Waals surface area (Å²) in [4.78, 5) is 0. The highest BCUT2D eigenvalue weighted by Crippen LogP contribution is 2.31. The van der Waals surface area contributed by atoms with Crippen molar-refractivity contribution in [1.29, 1.82) is 0 Å². The molecule has 2 heterocycles. The molecule has 0 saturated carbocycles. The summed E-state index contributed by atoms with van der Waals surface area (Å²) in [7, 11) is 0. The Hall–Kier alpha value is -1.02. The minimum atomic E-state index is 0.758. The van der Waals surface area contributed by atoms with E-state index in [1.54, 1.807) is 0 Å². The fourth-order valence-corrected chi connectivity index (χ4v) is 2.79. The number of benzene rings is 1. The minimum absolute atomic E-state index is 0.758. The number of aryl methyl sites for hydroxylation is 1. The smallest absolute Gasteiger partial charge is 0.122 e. The molecule has 0 aromatic heterocycles. The maximum absolute atomic E-state index is 5.65. The first kappa shape index (κ1) is 10.2. The van der Waals surface area contributed by atoms with E-state index >= 15 is 0 Å². The zero-order valence-corrected chi connectivity index (χ0v) is 9.67. The Morgan fingerprint density at radius 1 is 1.19 bits per heavy atom. The van der Waals surface area contributed by atoms with Crippen LogP contribution in [-0.2, 0) is 6.42 Å². The molecular weight excluding hydrogens is 198 g/mol. The van der Waals surface area contributed by atoms with Crippen LogP contribution in [0.1, 0.15) is 36.3 Å². The van der Waals surface area contributed by atoms with Crippen molar-refractivity contribution in [3.63, 3.8) is 0 Å². The summed E-state index contributed by atoms with van der Waals surface area (Å²) < 4.78 is 5.65. The van der Waals surface area contributed by atoms with E-state index in [-0.39, 0.29) is 0 Å². The zero-order valence-electron chi connectivity index (χ0n) is 9.67. The van der Waals surface area contributed by atoms with E-state index < -0.39 is 0 Å². The van der Waals surface area contributed by atoms with Crippen LogP contribution in [0.25, 0.3) is 0 Å². The van der Waals surface area contributed by atoms with Crippen LogP contribution in [0, 0.1) is 0 Å². The van der Waals surface area contributed by atoms with Gasteiger partial charge in [0.2, 0.25) is 0 Å². The Morgan fingerprint density at radius 2 is 2.06 bits per heavy atom. The predicted molar refractivity (Wildman–Crippen MR) is 65.1 cm³/mol. The van der Waals surface area contributed by atoms with Crippen molar-refractivity contribution in [3.05, 3.63) is 29.3 Å². The summed E-state index contributed by atoms with van der Waals surface area (Å²) in [5.74, 6) is 1.87. The molecule has 0 atom stereocenters. The Morgan fingerprint density at radius 3 is 2.94 bits per heavy atom. The lowest BCUT2D eigenvalue weighted by Gasteiger charge is -2.25. The number of piperidine rings is 1. The van der Waals surface area contributed by atoms with Gasteiger partial charge < -0.3 is 10.1 Å². The van der Waals surface area contributed by atoms with Gasteiger partial charge in [0.05, 0.1) is 6.61 Å². The van der Waals surface area contributed by atoms with Crippen LogP contribution in [0.15, 0.2) is 18.2 Å². The van der Waals surface area contributed by atoms with Crippen LogP contribution in [0.4, 0.5) is 0 Å². The highest BCUT2D eigenvalue weighted by molar-refractivity contribution is 5.39. The fraction of sp³-hybridized carbons (Fsp3) is 0.571. The van der Waals surface area contributed by atoms with Gasteiger partial charge in [-0.2, -0.15) is 0 Å². The maximum Gasteiger partial charge on any atom is 0.122 e. The molecule has 1 N–H and O–H groups in total. The summed E-state index contributed by atoms with van der Waals surface area (Å²) >= 11 is 0. The van der Waals surface area contributed by atoms with Gasteiger partial charge in [-0.05, 0) is 61.9 Å². The molecular formula is C14H19NO. The first-order valence-corrected chi connectivity index (χ1v) is 6.40. The Kier molecular flexibility index (Phi) is 2.83. The van der Waals surface area contributed by atoms with E-state index in [2.05, 4.69) is 23.5 Å². The molecule has 2 heteroatoms. The number of hydrogen-bond donors (Lipinski definition) is 1. The molecule has 0 unspecified atom stereocenters. The Balaban J connectivity index is 1.84. The number of ether oxygens (including phenoxy) is 1. The van der Waals surface area contributed by atoms with Gasteiger partial charge in [-0.15, -0.1) is 0 Å². The lowest BCUT2D eigenvalue weighted by molar-refractivity contribution is 0.288. The highest BCUT2D eigenvalue weighted by Gasteiger charge is 2.17. The molecule has 1 aromatic carbocycles. The van der Waals surface area contributed by atoms with Gasteiger partial charge in [0, 0.05) is 0 Å². The predicted octanol–water partition coefficient (Wildman–Crippen LogP) is 2.48. The van der Waals surface area contributed by atoms with Crippen LogP contribution in [0.5, 0.6) is 5.75 Å². The highest BCUT2D eigenvalue weighted by atomic mass is 16.5. The summed E-state index contributed by atoms with van der Waals surface area (Å²) in [5.41, 5.74) is 2.94. The van der Waals surface area contributed by atoms with E-state index in [0.29, 0.717) is 0 Å². The first-order valence-electron chi connectivity index (χ1n) is 6.40. The van der Waals surface area contributed by atoms with E-state index in [0.717, 1.165) is 31.4 Å². The second-order valence-electron chi connectivity index (χ2n) is 4.84. The summed E-state index contributed by atoms with van der Waals surface area (Å²) in [6, 6.07) is 6.82. The van der Waals surface area contributed by atoms with Crippen LogP contribution < -0.4 is 10.1 Å². The SMILES string of the molecule is c1cc2c(cc1C1CCNCC1)CCCO2. The van der Waals surface area contributed by atoms with Crippen LogP contribution in [0.3, 0.4) is 0 Å². The topological polar surface area (TPSA) is 21.3 Å². The molecule has 2 aliphatic rings. The molecule has 3 rings (SSSR count). The van der Waals surface area contributed by atoms with Crippen molar-refractivity contribution in [2.75, 3.05) is 19.7 Å². The third kappa shape index (κ3) is 1.94. The number of nitrogens with one attached hydrogen (secondary N) is 1. The van der Waals surface area contributed by atoms with Gasteiger partial charge in [0.25, 0.3) is 0 Å². The molecule has 86 valence electrons. The second kappa shape index (κ2) is 4.46. The van der Waals surface area contributed by atoms with Crippen molar-refractivity contribution in [2.45, 2.75) is 31.6 Å². The van der Waals surface area contributed by atoms with Crippen molar-refractivity contribution < 1.29 is 4.74 Å². The normalized spacial score (nSPS) is 21.2. The van der Waals surface area contributed by atoms with Gasteiger partial charge in [-0.3, -0.25) is 0 Å². The fourth-order valence-electron chi connectivity index (χ4n) is 2.79. The summed E-state index contributed by atoms with van der Waals surface area (Å²) in [6.07, 6.45) is 4.91. The minimum Gasteiger partial charge on any atom is -0.493 e. The molecule has 1 aromatic rings. The standard InChI is InChI=1S/C14H19NO/c1-2-13-10-12(3-4-14(13)16-9-1)11-5-7-15-8-6-11/h3-4,10-11,15H,1-2,5-9H2. The van der Waals surface area contributed by atoms with Crippen molar-refractivity contribution >= 4 is 0 Å². The quantitative estimate of drug-likeness (QED) is 0.780. The van der Waals surface area contributed by atoms with Crippen LogP contribution >= 0.6 is 0 Å².